The molecule has 3 aromatic rings. The number of nitrogens with zero attached hydrogens (tertiary/aromatic N) is 2. The number of carbonyl (C=O) groups excluding carboxylic acids is 1. The summed E-state index contributed by atoms with van der Waals surface area (Å²) in [5.74, 6) is -1.19. The number of aryl methyl sites for hydroxylation is 1. The van der Waals surface area contributed by atoms with Crippen LogP contribution >= 0.6 is 38.5 Å². The van der Waals surface area contributed by atoms with Gasteiger partial charge in [0.15, 0.2) is 0 Å². The van der Waals surface area contributed by atoms with Crippen LogP contribution in [-0.4, -0.2) is 34.3 Å². The van der Waals surface area contributed by atoms with Gasteiger partial charge in [0.2, 0.25) is 16.0 Å². The van der Waals surface area contributed by atoms with Gasteiger partial charge in [0.05, 0.1) is 20.6 Å². The molecule has 202 valence electrons. The number of primary amides is 1. The van der Waals surface area contributed by atoms with Crippen LogP contribution in [0.25, 0.3) is 0 Å². The normalized spacial score (nSPS) is 18.0. The van der Waals surface area contributed by atoms with E-state index in [0.717, 1.165) is 38.2 Å². The summed E-state index contributed by atoms with van der Waals surface area (Å²) in [7, 11) is -3.66. The van der Waals surface area contributed by atoms with E-state index in [-0.39, 0.29) is 34.0 Å². The van der Waals surface area contributed by atoms with Crippen molar-refractivity contribution in [3.05, 3.63) is 64.0 Å². The standard InChI is InChI=1S/C25H27BrFIN6O3S/c1-14-12-17(38(36,37)34-16-5-2-4-15(28)8-9-16)10-11-20(14)32-25-30-13-18(26)24(33-25)31-21-7-3-6-19(27)22(21)23(29)35/h3,6-7,10-13,15-16,34H,2,4-5,8-9H2,1H3,(H2,29,35)(H2,30,31,32,33). The zero-order valence-corrected chi connectivity index (χ0v) is 25.0. The van der Waals surface area contributed by atoms with Gasteiger partial charge in [-0.25, -0.2) is 22.5 Å². The van der Waals surface area contributed by atoms with Crippen LogP contribution in [0.1, 0.15) is 48.0 Å². The largest absolute Gasteiger partial charge is 0.365 e. The summed E-state index contributed by atoms with van der Waals surface area (Å²) in [6.45, 7) is 1.79. The Balaban J connectivity index is 1.51. The van der Waals surface area contributed by atoms with Crippen LogP contribution in [0.15, 0.2) is 52.0 Å². The van der Waals surface area contributed by atoms with E-state index in [9.17, 15) is 17.6 Å². The first-order chi connectivity index (χ1) is 18.0. The maximum atomic E-state index is 14.2. The number of alkyl halides is 1. The first-order valence-electron chi connectivity index (χ1n) is 12.0. The molecule has 1 aromatic heterocycles. The van der Waals surface area contributed by atoms with E-state index in [1.165, 1.54) is 18.3 Å². The summed E-state index contributed by atoms with van der Waals surface area (Å²) in [5, 5.41) is 5.99. The Kier molecular flexibility index (Phi) is 9.21. The summed E-state index contributed by atoms with van der Waals surface area (Å²) in [6, 6.07) is 8.85. The molecule has 2 unspecified atom stereocenters. The quantitative estimate of drug-likeness (QED) is 0.134. The Morgan fingerprint density at radius 1 is 1.13 bits per heavy atom. The summed E-state index contributed by atoms with van der Waals surface area (Å²) in [6.07, 6.45) is 6.29. The third kappa shape index (κ3) is 6.98. The molecule has 0 aliphatic heterocycles. The summed E-state index contributed by atoms with van der Waals surface area (Å²) in [5.41, 5.74) is 6.51. The van der Waals surface area contributed by atoms with Crippen molar-refractivity contribution in [3.8, 4) is 0 Å². The third-order valence-corrected chi connectivity index (χ3v) is 9.58. The maximum absolute atomic E-state index is 14.2. The molecular formula is C25H27BrFIN6O3S. The Bertz CT molecular complexity index is 1460. The fourth-order valence-electron chi connectivity index (χ4n) is 4.25. The minimum absolute atomic E-state index is 0.0619. The molecule has 4 rings (SSSR count). The summed E-state index contributed by atoms with van der Waals surface area (Å²) >= 11 is 5.79. The van der Waals surface area contributed by atoms with Gasteiger partial charge in [0.25, 0.3) is 5.91 Å². The Hall–Kier alpha value is -2.36. The van der Waals surface area contributed by atoms with Crippen molar-refractivity contribution >= 4 is 77.6 Å². The average molecular weight is 717 g/mol. The van der Waals surface area contributed by atoms with Crippen LogP contribution < -0.4 is 21.1 Å². The fraction of sp³-hybridized carbons (Fsp3) is 0.320. The second-order valence-corrected chi connectivity index (χ2v) is 13.4. The van der Waals surface area contributed by atoms with Crippen molar-refractivity contribution in [2.24, 2.45) is 5.73 Å². The monoisotopic (exact) mass is 716 g/mol. The first kappa shape index (κ1) is 28.6. The molecule has 1 fully saturated rings. The number of carbonyl (C=O) groups is 1. The first-order valence-corrected chi connectivity index (χ1v) is 15.5. The van der Waals surface area contributed by atoms with E-state index in [0.29, 0.717) is 19.6 Å². The van der Waals surface area contributed by atoms with Crippen LogP contribution in [0.5, 0.6) is 0 Å². The smallest absolute Gasteiger partial charge is 0.253 e. The number of sulfonamides is 1. The van der Waals surface area contributed by atoms with Crippen LogP contribution in [-0.2, 0) is 10.0 Å². The molecule has 2 atom stereocenters. The molecule has 1 amide bonds. The van der Waals surface area contributed by atoms with Crippen molar-refractivity contribution in [1.82, 2.24) is 14.7 Å². The molecule has 0 spiro atoms. The highest BCUT2D eigenvalue weighted by molar-refractivity contribution is 14.1. The van der Waals surface area contributed by atoms with Crippen molar-refractivity contribution in [2.45, 2.75) is 53.9 Å². The fourth-order valence-corrected chi connectivity index (χ4v) is 6.73. The number of halogens is 3. The topological polar surface area (TPSA) is 139 Å². The molecule has 38 heavy (non-hydrogen) atoms. The third-order valence-electron chi connectivity index (χ3n) is 6.23. The molecule has 0 saturated heterocycles. The van der Waals surface area contributed by atoms with E-state index in [4.69, 9.17) is 5.73 Å². The van der Waals surface area contributed by atoms with Crippen LogP contribution in [0.4, 0.5) is 27.5 Å². The molecule has 2 aromatic carbocycles. The molecule has 9 nitrogen and oxygen atoms in total. The highest BCUT2D eigenvalue weighted by Crippen LogP contribution is 2.30. The molecule has 1 aliphatic carbocycles. The van der Waals surface area contributed by atoms with Gasteiger partial charge in [-0.15, -0.1) is 0 Å². The second kappa shape index (κ2) is 12.2. The van der Waals surface area contributed by atoms with Crippen molar-refractivity contribution in [2.75, 3.05) is 10.6 Å². The van der Waals surface area contributed by atoms with Gasteiger partial charge in [-0.2, -0.15) is 4.98 Å². The predicted molar refractivity (Wildman–Crippen MR) is 157 cm³/mol. The number of anilines is 4. The molecule has 13 heteroatoms. The Morgan fingerprint density at radius 3 is 2.66 bits per heavy atom. The van der Waals surface area contributed by atoms with Gasteiger partial charge in [-0.05, 0) is 84.4 Å². The molecule has 0 bridgehead atoms. The number of amides is 1. The van der Waals surface area contributed by atoms with E-state index in [1.807, 2.05) is 0 Å². The zero-order valence-electron chi connectivity index (χ0n) is 20.5. The lowest BCUT2D eigenvalue weighted by Crippen LogP contribution is -2.34. The molecular weight excluding hydrogens is 690 g/mol. The molecule has 0 radical (unpaired) electrons. The minimum atomic E-state index is -3.66. The highest BCUT2D eigenvalue weighted by atomic mass is 127. The van der Waals surface area contributed by atoms with Gasteiger partial charge >= 0.3 is 0 Å². The summed E-state index contributed by atoms with van der Waals surface area (Å²) < 4.78 is 44.2. The highest BCUT2D eigenvalue weighted by Gasteiger charge is 2.24. The van der Waals surface area contributed by atoms with Crippen molar-refractivity contribution < 1.29 is 17.6 Å². The number of benzene rings is 2. The van der Waals surface area contributed by atoms with E-state index < -0.39 is 21.7 Å². The van der Waals surface area contributed by atoms with E-state index in [2.05, 4.69) is 63.8 Å². The second-order valence-electron chi connectivity index (χ2n) is 9.07. The van der Waals surface area contributed by atoms with Gasteiger partial charge in [0, 0.05) is 21.9 Å². The van der Waals surface area contributed by atoms with E-state index >= 15 is 0 Å². The molecule has 1 aliphatic rings. The zero-order chi connectivity index (χ0) is 27.4. The van der Waals surface area contributed by atoms with Gasteiger partial charge in [-0.3, -0.25) is 4.79 Å². The SMILES string of the molecule is Cc1cc(S(=O)(=O)NC2CCCC(I)CC2)ccc1Nc1ncc(Br)c(Nc2cccc(F)c2C(N)=O)n1. The summed E-state index contributed by atoms with van der Waals surface area (Å²) in [4.78, 5) is 20.6. The number of nitrogens with two attached hydrogens (primary N) is 1. The lowest BCUT2D eigenvalue weighted by atomic mass is 10.1. The predicted octanol–water partition coefficient (Wildman–Crippen LogP) is 5.69. The van der Waals surface area contributed by atoms with Crippen LogP contribution in [0, 0.1) is 12.7 Å². The molecule has 1 heterocycles. The van der Waals surface area contributed by atoms with Crippen molar-refractivity contribution in [3.63, 3.8) is 0 Å². The molecule has 5 N–H and O–H groups in total. The van der Waals surface area contributed by atoms with Crippen molar-refractivity contribution in [1.29, 1.82) is 0 Å². The average Bonchev–Trinajstić information content (AvgIpc) is 3.05. The number of aromatic nitrogens is 2. The maximum Gasteiger partial charge on any atom is 0.253 e. The van der Waals surface area contributed by atoms with Gasteiger partial charge in [0.1, 0.15) is 11.6 Å². The Labute approximate surface area is 242 Å². The van der Waals surface area contributed by atoms with Gasteiger partial charge < -0.3 is 16.4 Å². The van der Waals surface area contributed by atoms with Crippen LogP contribution in [0.3, 0.4) is 0 Å². The lowest BCUT2D eigenvalue weighted by Gasteiger charge is -2.17. The van der Waals surface area contributed by atoms with E-state index in [1.54, 1.807) is 25.1 Å². The lowest BCUT2D eigenvalue weighted by molar-refractivity contribution is 0.0997. The number of hydrogen-bond acceptors (Lipinski definition) is 7. The minimum Gasteiger partial charge on any atom is -0.365 e. The number of nitrogens with one attached hydrogen (secondary N) is 3. The van der Waals surface area contributed by atoms with Crippen LogP contribution in [0.2, 0.25) is 0 Å². The number of hydrogen-bond donors (Lipinski definition) is 4. The molecule has 1 saturated carbocycles. The number of rotatable bonds is 8. The van der Waals surface area contributed by atoms with Gasteiger partial charge in [-0.1, -0.05) is 35.1 Å². The Morgan fingerprint density at radius 2 is 1.92 bits per heavy atom.